The summed E-state index contributed by atoms with van der Waals surface area (Å²) in [6, 6.07) is 10.5. The number of piperidine rings is 1. The Labute approximate surface area is 193 Å². The van der Waals surface area contributed by atoms with Crippen LogP contribution in [-0.2, 0) is 19.6 Å². The van der Waals surface area contributed by atoms with E-state index < -0.39 is 28.0 Å². The van der Waals surface area contributed by atoms with Gasteiger partial charge in [-0.1, -0.05) is 6.42 Å². The Hall–Kier alpha value is -3.11. The normalized spacial score (nSPS) is 15.4. The topological polar surface area (TPSA) is 111 Å². The number of hydrogen-bond donors (Lipinski definition) is 1. The molecule has 0 radical (unpaired) electrons. The van der Waals surface area contributed by atoms with E-state index in [9.17, 15) is 18.0 Å². The summed E-state index contributed by atoms with van der Waals surface area (Å²) in [4.78, 5) is 25.1. The molecule has 1 fully saturated rings. The fourth-order valence-electron chi connectivity index (χ4n) is 3.42. The minimum atomic E-state index is -3.55. The number of carbonyl (C=O) groups excluding carboxylic acids is 2. The third-order valence-corrected chi connectivity index (χ3v) is 7.23. The Bertz CT molecular complexity index is 1070. The van der Waals surface area contributed by atoms with Gasteiger partial charge in [-0.25, -0.2) is 13.2 Å². The number of carbonyl (C=O) groups is 2. The van der Waals surface area contributed by atoms with Crippen molar-refractivity contribution in [3.8, 4) is 11.5 Å². The molecule has 0 aromatic heterocycles. The molecule has 0 aliphatic carbocycles. The minimum Gasteiger partial charge on any atom is -0.497 e. The molecule has 0 unspecified atom stereocenters. The highest BCUT2D eigenvalue weighted by molar-refractivity contribution is 7.89. The van der Waals surface area contributed by atoms with Crippen LogP contribution >= 0.6 is 0 Å². The van der Waals surface area contributed by atoms with E-state index in [4.69, 9.17) is 14.2 Å². The Morgan fingerprint density at radius 1 is 0.939 bits per heavy atom. The quantitative estimate of drug-likeness (QED) is 0.583. The average molecular weight is 477 g/mol. The number of sulfonamides is 1. The standard InChI is InChI=1S/C23H28N2O7S/c1-16(32-23(27)17-13-19(30-2)15-20(14-17)31-3)22(26)24-18-7-9-21(10-8-18)33(28,29)25-11-5-4-6-12-25/h7-10,13-16H,4-6,11-12H2,1-3H3,(H,24,26)/t16-/m0/s1. The first-order valence-electron chi connectivity index (χ1n) is 10.6. The van der Waals surface area contributed by atoms with Crippen molar-refractivity contribution in [3.05, 3.63) is 48.0 Å². The molecule has 1 amide bonds. The van der Waals surface area contributed by atoms with Gasteiger partial charge in [0, 0.05) is 24.8 Å². The van der Waals surface area contributed by atoms with Crippen LogP contribution in [0.1, 0.15) is 36.5 Å². The van der Waals surface area contributed by atoms with Crippen molar-refractivity contribution in [2.75, 3.05) is 32.6 Å². The Balaban J connectivity index is 1.62. The van der Waals surface area contributed by atoms with Gasteiger partial charge in [0.05, 0.1) is 24.7 Å². The molecule has 1 aliphatic heterocycles. The van der Waals surface area contributed by atoms with E-state index in [1.165, 1.54) is 61.8 Å². The Morgan fingerprint density at radius 2 is 1.52 bits per heavy atom. The van der Waals surface area contributed by atoms with Crippen molar-refractivity contribution in [1.29, 1.82) is 0 Å². The van der Waals surface area contributed by atoms with E-state index in [0.717, 1.165) is 19.3 Å². The monoisotopic (exact) mass is 476 g/mol. The summed E-state index contributed by atoms with van der Waals surface area (Å²) in [7, 11) is -0.628. The zero-order chi connectivity index (χ0) is 24.0. The van der Waals surface area contributed by atoms with Crippen LogP contribution in [0, 0.1) is 0 Å². The maximum absolute atomic E-state index is 12.7. The first-order chi connectivity index (χ1) is 15.7. The fraction of sp³-hybridized carbons (Fsp3) is 0.391. The number of methoxy groups -OCH3 is 2. The summed E-state index contributed by atoms with van der Waals surface area (Å²) in [5.74, 6) is -0.432. The number of nitrogens with zero attached hydrogens (tertiary/aromatic N) is 1. The van der Waals surface area contributed by atoms with E-state index >= 15 is 0 Å². The third kappa shape index (κ3) is 6.02. The van der Waals surface area contributed by atoms with Gasteiger partial charge in [0.25, 0.3) is 5.91 Å². The summed E-state index contributed by atoms with van der Waals surface area (Å²) in [5.41, 5.74) is 0.571. The van der Waals surface area contributed by atoms with Crippen LogP contribution in [0.5, 0.6) is 11.5 Å². The van der Waals surface area contributed by atoms with Crippen molar-refractivity contribution < 1.29 is 32.2 Å². The molecular weight excluding hydrogens is 448 g/mol. The second-order valence-electron chi connectivity index (χ2n) is 7.63. The van der Waals surface area contributed by atoms with Crippen LogP contribution in [0.15, 0.2) is 47.4 Å². The van der Waals surface area contributed by atoms with Crippen molar-refractivity contribution in [1.82, 2.24) is 4.31 Å². The number of rotatable bonds is 8. The molecule has 33 heavy (non-hydrogen) atoms. The number of benzene rings is 2. The lowest BCUT2D eigenvalue weighted by Gasteiger charge is -2.25. The molecule has 2 aromatic rings. The van der Waals surface area contributed by atoms with Gasteiger partial charge < -0.3 is 19.5 Å². The summed E-state index contributed by atoms with van der Waals surface area (Å²) in [5, 5.41) is 2.63. The number of amides is 1. The first kappa shape index (κ1) is 24.5. The summed E-state index contributed by atoms with van der Waals surface area (Å²) in [6.07, 6.45) is 1.65. The van der Waals surface area contributed by atoms with Crippen LogP contribution in [-0.4, -0.2) is 58.0 Å². The highest BCUT2D eigenvalue weighted by Crippen LogP contribution is 2.24. The highest BCUT2D eigenvalue weighted by atomic mass is 32.2. The van der Waals surface area contributed by atoms with Gasteiger partial charge in [0.2, 0.25) is 10.0 Å². The highest BCUT2D eigenvalue weighted by Gasteiger charge is 2.26. The molecule has 10 heteroatoms. The zero-order valence-electron chi connectivity index (χ0n) is 18.9. The van der Waals surface area contributed by atoms with Gasteiger partial charge in [-0.15, -0.1) is 0 Å². The maximum atomic E-state index is 12.7. The van der Waals surface area contributed by atoms with E-state index in [0.29, 0.717) is 30.3 Å². The fourth-order valence-corrected chi connectivity index (χ4v) is 4.93. The van der Waals surface area contributed by atoms with Gasteiger partial charge in [-0.3, -0.25) is 4.79 Å². The van der Waals surface area contributed by atoms with Crippen LogP contribution in [0.25, 0.3) is 0 Å². The van der Waals surface area contributed by atoms with Crippen molar-refractivity contribution in [3.63, 3.8) is 0 Å². The number of nitrogens with one attached hydrogen (secondary N) is 1. The number of esters is 1. The maximum Gasteiger partial charge on any atom is 0.339 e. The lowest BCUT2D eigenvalue weighted by atomic mass is 10.2. The van der Waals surface area contributed by atoms with Crippen LogP contribution < -0.4 is 14.8 Å². The molecule has 1 aliphatic rings. The number of hydrogen-bond acceptors (Lipinski definition) is 7. The van der Waals surface area contributed by atoms with E-state index in [1.54, 1.807) is 6.07 Å². The molecular formula is C23H28N2O7S. The number of anilines is 1. The van der Waals surface area contributed by atoms with E-state index in [2.05, 4.69) is 5.32 Å². The number of ether oxygens (including phenoxy) is 3. The summed E-state index contributed by atoms with van der Waals surface area (Å²) in [6.45, 7) is 2.48. The molecule has 1 saturated heterocycles. The Morgan fingerprint density at radius 3 is 2.06 bits per heavy atom. The molecule has 0 saturated carbocycles. The van der Waals surface area contributed by atoms with Gasteiger partial charge in [0.15, 0.2) is 6.10 Å². The second kappa shape index (κ2) is 10.7. The van der Waals surface area contributed by atoms with Crippen LogP contribution in [0.3, 0.4) is 0 Å². The largest absolute Gasteiger partial charge is 0.497 e. The van der Waals surface area contributed by atoms with Crippen LogP contribution in [0.2, 0.25) is 0 Å². The molecule has 9 nitrogen and oxygen atoms in total. The zero-order valence-corrected chi connectivity index (χ0v) is 19.7. The SMILES string of the molecule is COc1cc(OC)cc(C(=O)O[C@@H](C)C(=O)Nc2ccc(S(=O)(=O)N3CCCCC3)cc2)c1. The molecule has 2 aromatic carbocycles. The lowest BCUT2D eigenvalue weighted by Crippen LogP contribution is -2.35. The predicted octanol–water partition coefficient (Wildman–Crippen LogP) is 3.06. The summed E-state index contributed by atoms with van der Waals surface area (Å²) < 4.78 is 42.5. The Kier molecular flexibility index (Phi) is 7.93. The third-order valence-electron chi connectivity index (χ3n) is 5.31. The molecule has 0 bridgehead atoms. The van der Waals surface area contributed by atoms with Gasteiger partial charge in [-0.05, 0) is 56.2 Å². The summed E-state index contributed by atoms with van der Waals surface area (Å²) >= 11 is 0. The van der Waals surface area contributed by atoms with Crippen molar-refractivity contribution in [2.45, 2.75) is 37.2 Å². The van der Waals surface area contributed by atoms with Gasteiger partial charge in [0.1, 0.15) is 11.5 Å². The average Bonchev–Trinajstić information content (AvgIpc) is 2.84. The van der Waals surface area contributed by atoms with Crippen molar-refractivity contribution in [2.24, 2.45) is 0 Å². The lowest BCUT2D eigenvalue weighted by molar-refractivity contribution is -0.123. The smallest absolute Gasteiger partial charge is 0.339 e. The predicted molar refractivity (Wildman–Crippen MR) is 122 cm³/mol. The van der Waals surface area contributed by atoms with Crippen LogP contribution in [0.4, 0.5) is 5.69 Å². The molecule has 0 spiro atoms. The molecule has 1 N–H and O–H groups in total. The van der Waals surface area contributed by atoms with E-state index in [1.807, 2.05) is 0 Å². The van der Waals surface area contributed by atoms with Gasteiger partial charge >= 0.3 is 5.97 Å². The molecule has 3 rings (SSSR count). The second-order valence-corrected chi connectivity index (χ2v) is 9.57. The van der Waals surface area contributed by atoms with Gasteiger partial charge in [-0.2, -0.15) is 4.31 Å². The molecule has 178 valence electrons. The first-order valence-corrected chi connectivity index (χ1v) is 12.0. The van der Waals surface area contributed by atoms with E-state index in [-0.39, 0.29) is 10.5 Å². The molecule has 1 heterocycles. The minimum absolute atomic E-state index is 0.175. The van der Waals surface area contributed by atoms with Crippen molar-refractivity contribution >= 4 is 27.6 Å². The molecule has 1 atom stereocenters.